The Morgan fingerprint density at radius 2 is 1.88 bits per heavy atom. The van der Waals surface area contributed by atoms with E-state index in [-0.39, 0.29) is 17.4 Å². The highest BCUT2D eigenvalue weighted by atomic mass is 35.5. The van der Waals surface area contributed by atoms with Crippen LogP contribution < -0.4 is 14.4 Å². The number of methoxy groups -OCH3 is 1. The van der Waals surface area contributed by atoms with E-state index in [0.717, 1.165) is 30.2 Å². The lowest BCUT2D eigenvalue weighted by molar-refractivity contribution is 0.0528. The van der Waals surface area contributed by atoms with E-state index in [4.69, 9.17) is 30.7 Å². The average molecular weight is 463 g/mol. The summed E-state index contributed by atoms with van der Waals surface area (Å²) in [6.45, 7) is 7.20. The van der Waals surface area contributed by atoms with Crippen LogP contribution in [0.15, 0.2) is 28.8 Å². The van der Waals surface area contributed by atoms with Crippen molar-refractivity contribution in [3.8, 4) is 34.3 Å². The highest BCUT2D eigenvalue weighted by Crippen LogP contribution is 2.39. The largest absolute Gasteiger partial charge is 0.493 e. The maximum atomic E-state index is 9.52. The number of rotatable bonds is 10. The monoisotopic (exact) mass is 462 g/mol. The minimum atomic E-state index is -1.03. The molecule has 32 heavy (non-hydrogen) atoms. The highest BCUT2D eigenvalue weighted by molar-refractivity contribution is 6.32. The van der Waals surface area contributed by atoms with Crippen LogP contribution in [0.4, 0.5) is 5.82 Å². The first-order valence-electron chi connectivity index (χ1n) is 10.3. The number of anilines is 1. The van der Waals surface area contributed by atoms with Crippen LogP contribution in [0.5, 0.6) is 11.5 Å². The maximum absolute atomic E-state index is 9.52. The zero-order chi connectivity index (χ0) is 23.3. The Bertz CT molecular complexity index is 1050. The number of pyridine rings is 1. The number of halogens is 1. The zero-order valence-electron chi connectivity index (χ0n) is 18.5. The Hall–Kier alpha value is -2.88. The van der Waals surface area contributed by atoms with E-state index in [1.54, 1.807) is 12.1 Å². The molecule has 0 spiro atoms. The summed E-state index contributed by atoms with van der Waals surface area (Å²) in [4.78, 5) is 11.3. The molecule has 2 aromatic heterocycles. The van der Waals surface area contributed by atoms with Crippen LogP contribution in [-0.4, -0.2) is 64.9 Å². The molecule has 2 N–H and O–H groups in total. The highest BCUT2D eigenvalue weighted by Gasteiger charge is 2.19. The lowest BCUT2D eigenvalue weighted by Gasteiger charge is -2.20. The van der Waals surface area contributed by atoms with Crippen molar-refractivity contribution in [2.24, 2.45) is 0 Å². The first-order valence-corrected chi connectivity index (χ1v) is 10.6. The third-order valence-corrected chi connectivity index (χ3v) is 5.10. The summed E-state index contributed by atoms with van der Waals surface area (Å²) >= 11 is 6.37. The van der Waals surface area contributed by atoms with Gasteiger partial charge in [0, 0.05) is 29.9 Å². The second-order valence-electron chi connectivity index (χ2n) is 7.09. The Kier molecular flexibility index (Phi) is 7.89. The third-order valence-electron chi connectivity index (χ3n) is 4.82. The first kappa shape index (κ1) is 23.8. The molecule has 0 radical (unpaired) electrons. The Morgan fingerprint density at radius 3 is 2.53 bits per heavy atom. The van der Waals surface area contributed by atoms with Gasteiger partial charge in [0.2, 0.25) is 5.82 Å². The van der Waals surface area contributed by atoms with E-state index >= 15 is 0 Å². The van der Waals surface area contributed by atoms with Gasteiger partial charge in [0.05, 0.1) is 18.7 Å². The number of hydrogen-bond donors (Lipinski definition) is 2. The van der Waals surface area contributed by atoms with Crippen LogP contribution in [0, 0.1) is 6.92 Å². The predicted octanol–water partition coefficient (Wildman–Crippen LogP) is 3.35. The summed E-state index contributed by atoms with van der Waals surface area (Å²) in [6, 6.07) is 7.11. The number of aryl methyl sites for hydroxylation is 1. The molecule has 172 valence electrons. The standard InChI is InChI=1S/C22H27ClN4O5/c1-5-27(6-2)19-10-15(7-13(3)24-19)22-25-21(26-32-22)14-8-17(23)20(18(9-14)30-4)31-12-16(29)11-28/h7-10,16,28-29H,5-6,11-12H2,1-4H3/t16-/m1/s1. The van der Waals surface area contributed by atoms with Gasteiger partial charge in [-0.1, -0.05) is 16.8 Å². The van der Waals surface area contributed by atoms with Crippen LogP contribution >= 0.6 is 11.6 Å². The number of benzene rings is 1. The number of nitrogens with zero attached hydrogens (tertiary/aromatic N) is 4. The number of aliphatic hydroxyl groups is 2. The van der Waals surface area contributed by atoms with Crippen LogP contribution in [-0.2, 0) is 0 Å². The van der Waals surface area contributed by atoms with Gasteiger partial charge in [0.15, 0.2) is 11.5 Å². The van der Waals surface area contributed by atoms with Gasteiger partial charge in [-0.3, -0.25) is 0 Å². The van der Waals surface area contributed by atoms with Crippen LogP contribution in [0.2, 0.25) is 5.02 Å². The molecule has 1 atom stereocenters. The summed E-state index contributed by atoms with van der Waals surface area (Å²) in [7, 11) is 1.47. The minimum absolute atomic E-state index is 0.130. The van der Waals surface area contributed by atoms with E-state index < -0.39 is 12.7 Å². The Balaban J connectivity index is 1.92. The zero-order valence-corrected chi connectivity index (χ0v) is 19.3. The summed E-state index contributed by atoms with van der Waals surface area (Å²) in [5.41, 5.74) is 2.20. The lowest BCUT2D eigenvalue weighted by Crippen LogP contribution is -2.23. The molecule has 9 nitrogen and oxygen atoms in total. The molecule has 0 aliphatic heterocycles. The maximum Gasteiger partial charge on any atom is 0.258 e. The number of aliphatic hydroxyl groups excluding tert-OH is 2. The molecule has 1 aromatic carbocycles. The molecule has 2 heterocycles. The molecule has 3 aromatic rings. The lowest BCUT2D eigenvalue weighted by atomic mass is 10.2. The molecule has 0 bridgehead atoms. The topological polar surface area (TPSA) is 114 Å². The summed E-state index contributed by atoms with van der Waals surface area (Å²) < 4.78 is 16.4. The van der Waals surface area contributed by atoms with Gasteiger partial charge in [-0.05, 0) is 45.0 Å². The molecular weight excluding hydrogens is 436 g/mol. The van der Waals surface area contributed by atoms with Gasteiger partial charge in [0.25, 0.3) is 5.89 Å². The molecule has 0 saturated heterocycles. The number of ether oxygens (including phenoxy) is 2. The Labute approximate surface area is 191 Å². The van der Waals surface area contributed by atoms with Crippen molar-refractivity contribution in [3.05, 3.63) is 35.0 Å². The number of hydrogen-bond acceptors (Lipinski definition) is 9. The normalized spacial score (nSPS) is 12.0. The van der Waals surface area contributed by atoms with Gasteiger partial charge < -0.3 is 29.1 Å². The molecule has 0 amide bonds. The van der Waals surface area contributed by atoms with Crippen molar-refractivity contribution >= 4 is 17.4 Å². The van der Waals surface area contributed by atoms with Crippen LogP contribution in [0.25, 0.3) is 22.8 Å². The van der Waals surface area contributed by atoms with E-state index in [2.05, 4.69) is 33.9 Å². The van der Waals surface area contributed by atoms with Crippen molar-refractivity contribution in [2.75, 3.05) is 38.3 Å². The quantitative estimate of drug-likeness (QED) is 0.468. The second kappa shape index (κ2) is 10.6. The van der Waals surface area contributed by atoms with Crippen LogP contribution in [0.3, 0.4) is 0 Å². The van der Waals surface area contributed by atoms with Gasteiger partial charge in [-0.2, -0.15) is 4.98 Å². The SMILES string of the molecule is CCN(CC)c1cc(-c2nc(-c3cc(Cl)c(OC[C@H](O)CO)c(OC)c3)no2)cc(C)n1. The van der Waals surface area contributed by atoms with E-state index in [0.29, 0.717) is 23.0 Å². The molecular formula is C22H27ClN4O5. The average Bonchev–Trinajstić information content (AvgIpc) is 3.28. The fourth-order valence-corrected chi connectivity index (χ4v) is 3.43. The Morgan fingerprint density at radius 1 is 1.12 bits per heavy atom. The van der Waals surface area contributed by atoms with Gasteiger partial charge in [0.1, 0.15) is 18.5 Å². The summed E-state index contributed by atoms with van der Waals surface area (Å²) in [5, 5.41) is 22.8. The van der Waals surface area contributed by atoms with Crippen molar-refractivity contribution in [2.45, 2.75) is 26.9 Å². The molecule has 0 aliphatic carbocycles. The van der Waals surface area contributed by atoms with E-state index in [1.165, 1.54) is 7.11 Å². The molecule has 0 aliphatic rings. The van der Waals surface area contributed by atoms with Crippen molar-refractivity contribution < 1.29 is 24.2 Å². The van der Waals surface area contributed by atoms with Crippen molar-refractivity contribution in [1.29, 1.82) is 0 Å². The minimum Gasteiger partial charge on any atom is -0.493 e. The van der Waals surface area contributed by atoms with E-state index in [1.807, 2.05) is 19.1 Å². The fourth-order valence-electron chi connectivity index (χ4n) is 3.16. The first-order chi connectivity index (χ1) is 15.4. The number of aromatic nitrogens is 3. The molecule has 0 saturated carbocycles. The van der Waals surface area contributed by atoms with Gasteiger partial charge >= 0.3 is 0 Å². The van der Waals surface area contributed by atoms with Crippen LogP contribution in [0.1, 0.15) is 19.5 Å². The summed E-state index contributed by atoms with van der Waals surface area (Å²) in [6.07, 6.45) is -1.03. The summed E-state index contributed by atoms with van der Waals surface area (Å²) in [5.74, 6) is 2.14. The molecule has 10 heteroatoms. The van der Waals surface area contributed by atoms with E-state index in [9.17, 15) is 5.11 Å². The van der Waals surface area contributed by atoms with Crippen molar-refractivity contribution in [3.63, 3.8) is 0 Å². The third kappa shape index (κ3) is 5.29. The predicted molar refractivity (Wildman–Crippen MR) is 121 cm³/mol. The van der Waals surface area contributed by atoms with Crippen molar-refractivity contribution in [1.82, 2.24) is 15.1 Å². The smallest absolute Gasteiger partial charge is 0.258 e. The molecule has 0 unspecified atom stereocenters. The van der Waals surface area contributed by atoms with Gasteiger partial charge in [-0.25, -0.2) is 4.98 Å². The molecule has 3 rings (SSSR count). The second-order valence-corrected chi connectivity index (χ2v) is 7.49. The van der Waals surface area contributed by atoms with Gasteiger partial charge in [-0.15, -0.1) is 0 Å². The molecule has 0 fully saturated rings. The fraction of sp³-hybridized carbons (Fsp3) is 0.409.